The van der Waals surface area contributed by atoms with Crippen LogP contribution in [0.4, 0.5) is 0 Å². The van der Waals surface area contributed by atoms with Gasteiger partial charge in [-0.15, -0.1) is 0 Å². The van der Waals surface area contributed by atoms with Crippen molar-refractivity contribution >= 4 is 0 Å². The molecule has 3 nitrogen and oxygen atoms in total. The van der Waals surface area contributed by atoms with E-state index in [9.17, 15) is 5.11 Å². The van der Waals surface area contributed by atoms with Gasteiger partial charge in [0, 0.05) is 12.6 Å². The summed E-state index contributed by atoms with van der Waals surface area (Å²) in [5, 5.41) is 14.4. The zero-order valence-corrected chi connectivity index (χ0v) is 13.1. The average Bonchev–Trinajstić information content (AvgIpc) is 3.31. The molecule has 1 aliphatic heterocycles. The number of hydrogen-bond donors (Lipinski definition) is 2. The third-order valence-corrected chi connectivity index (χ3v) is 4.91. The summed E-state index contributed by atoms with van der Waals surface area (Å²) in [6.45, 7) is 6.08. The molecule has 2 fully saturated rings. The van der Waals surface area contributed by atoms with Crippen LogP contribution in [-0.4, -0.2) is 42.2 Å². The number of likely N-dealkylation sites (tertiary alicyclic amines) is 1. The van der Waals surface area contributed by atoms with Crippen molar-refractivity contribution in [3.63, 3.8) is 0 Å². The minimum Gasteiger partial charge on any atom is -0.384 e. The van der Waals surface area contributed by atoms with Crippen LogP contribution in [0.5, 0.6) is 0 Å². The van der Waals surface area contributed by atoms with Gasteiger partial charge in [-0.3, -0.25) is 0 Å². The van der Waals surface area contributed by atoms with Crippen molar-refractivity contribution in [3.8, 4) is 0 Å². The second-order valence-corrected chi connectivity index (χ2v) is 7.04. The van der Waals surface area contributed by atoms with E-state index in [-0.39, 0.29) is 0 Å². The molecule has 2 aliphatic rings. The number of nitrogens with one attached hydrogen (secondary N) is 1. The molecule has 1 aromatic carbocycles. The Bertz CT molecular complexity index is 434. The molecule has 116 valence electrons. The molecule has 0 bridgehead atoms. The lowest BCUT2D eigenvalue weighted by Crippen LogP contribution is -2.44. The van der Waals surface area contributed by atoms with Gasteiger partial charge in [0.25, 0.3) is 0 Å². The molecular formula is C18H28N2O. The number of piperidine rings is 1. The Hall–Kier alpha value is -0.900. The average molecular weight is 288 g/mol. The van der Waals surface area contributed by atoms with Gasteiger partial charge in [-0.2, -0.15) is 0 Å². The van der Waals surface area contributed by atoms with Crippen LogP contribution in [0.3, 0.4) is 0 Å². The minimum atomic E-state index is -0.750. The zero-order valence-electron chi connectivity index (χ0n) is 13.1. The van der Waals surface area contributed by atoms with Gasteiger partial charge in [-0.1, -0.05) is 30.3 Å². The fraction of sp³-hybridized carbons (Fsp3) is 0.667. The van der Waals surface area contributed by atoms with E-state index in [1.54, 1.807) is 0 Å². The maximum atomic E-state index is 10.7. The maximum absolute atomic E-state index is 10.7. The SMILES string of the molecule is CC(O)(CN1CCC(CNC2CC2)CC1)c1ccccc1. The molecule has 0 amide bonds. The Kier molecular flexibility index (Phi) is 4.63. The number of rotatable bonds is 6. The summed E-state index contributed by atoms with van der Waals surface area (Å²) in [6.07, 6.45) is 5.26. The highest BCUT2D eigenvalue weighted by atomic mass is 16.3. The number of nitrogens with zero attached hydrogens (tertiary/aromatic N) is 1. The summed E-state index contributed by atoms with van der Waals surface area (Å²) >= 11 is 0. The third-order valence-electron chi connectivity index (χ3n) is 4.91. The Morgan fingerprint density at radius 1 is 1.14 bits per heavy atom. The highest BCUT2D eigenvalue weighted by molar-refractivity contribution is 5.21. The van der Waals surface area contributed by atoms with Gasteiger partial charge in [-0.25, -0.2) is 0 Å². The first-order valence-corrected chi connectivity index (χ1v) is 8.37. The van der Waals surface area contributed by atoms with Crippen LogP contribution in [0.25, 0.3) is 0 Å². The summed E-state index contributed by atoms with van der Waals surface area (Å²) in [5.41, 5.74) is 0.267. The zero-order chi connectivity index (χ0) is 14.7. The summed E-state index contributed by atoms with van der Waals surface area (Å²) < 4.78 is 0. The fourth-order valence-electron chi connectivity index (χ4n) is 3.29. The van der Waals surface area contributed by atoms with E-state index in [4.69, 9.17) is 0 Å². The van der Waals surface area contributed by atoms with E-state index < -0.39 is 5.60 Å². The van der Waals surface area contributed by atoms with Gasteiger partial charge in [0.2, 0.25) is 0 Å². The van der Waals surface area contributed by atoms with Gasteiger partial charge < -0.3 is 15.3 Å². The molecular weight excluding hydrogens is 260 g/mol. The standard InChI is InChI=1S/C18H28N2O/c1-18(21,16-5-3-2-4-6-16)14-20-11-9-15(10-12-20)13-19-17-7-8-17/h2-6,15,17,19,21H,7-14H2,1H3. The first-order chi connectivity index (χ1) is 10.1. The van der Waals surface area contributed by atoms with Crippen LogP contribution >= 0.6 is 0 Å². The van der Waals surface area contributed by atoms with Gasteiger partial charge in [0.05, 0.1) is 5.60 Å². The lowest BCUT2D eigenvalue weighted by molar-refractivity contribution is 0.00577. The molecule has 1 saturated heterocycles. The van der Waals surface area contributed by atoms with Crippen LogP contribution in [0.1, 0.15) is 38.2 Å². The molecule has 1 atom stereocenters. The minimum absolute atomic E-state index is 0.736. The predicted molar refractivity (Wildman–Crippen MR) is 86.2 cm³/mol. The summed E-state index contributed by atoms with van der Waals surface area (Å²) in [6, 6.07) is 10.9. The second kappa shape index (κ2) is 6.47. The largest absolute Gasteiger partial charge is 0.384 e. The van der Waals surface area contributed by atoms with Crippen LogP contribution in [-0.2, 0) is 5.60 Å². The number of benzene rings is 1. The summed E-state index contributed by atoms with van der Waals surface area (Å²) in [7, 11) is 0. The molecule has 3 rings (SSSR count). The quantitative estimate of drug-likeness (QED) is 0.843. The van der Waals surface area contributed by atoms with Crippen molar-refractivity contribution in [1.82, 2.24) is 10.2 Å². The Balaban J connectivity index is 1.45. The van der Waals surface area contributed by atoms with E-state index in [1.807, 2.05) is 37.3 Å². The molecule has 1 aliphatic carbocycles. The van der Waals surface area contributed by atoms with E-state index in [1.165, 1.54) is 32.2 Å². The molecule has 1 heterocycles. The summed E-state index contributed by atoms with van der Waals surface area (Å²) in [4.78, 5) is 2.42. The number of β-amino-alcohol motifs (C(OH)–C–C–N with tert-alkyl or cyclic N) is 1. The molecule has 0 radical (unpaired) electrons. The molecule has 1 saturated carbocycles. The number of aliphatic hydroxyl groups is 1. The van der Waals surface area contributed by atoms with Gasteiger partial charge >= 0.3 is 0 Å². The van der Waals surface area contributed by atoms with Gasteiger partial charge in [0.1, 0.15) is 0 Å². The molecule has 21 heavy (non-hydrogen) atoms. The van der Waals surface area contributed by atoms with Crippen LogP contribution in [0, 0.1) is 5.92 Å². The Labute approximate surface area is 128 Å². The molecule has 1 unspecified atom stereocenters. The van der Waals surface area contributed by atoms with Crippen molar-refractivity contribution < 1.29 is 5.11 Å². The van der Waals surface area contributed by atoms with Gasteiger partial charge in [0.15, 0.2) is 0 Å². The topological polar surface area (TPSA) is 35.5 Å². The van der Waals surface area contributed by atoms with Crippen molar-refractivity contribution in [2.75, 3.05) is 26.2 Å². The van der Waals surface area contributed by atoms with Crippen molar-refractivity contribution in [2.45, 2.75) is 44.2 Å². The highest BCUT2D eigenvalue weighted by Crippen LogP contribution is 2.25. The second-order valence-electron chi connectivity index (χ2n) is 7.04. The maximum Gasteiger partial charge on any atom is 0.0994 e. The van der Waals surface area contributed by atoms with Crippen molar-refractivity contribution in [3.05, 3.63) is 35.9 Å². The van der Waals surface area contributed by atoms with Gasteiger partial charge in [-0.05, 0) is 63.7 Å². The van der Waals surface area contributed by atoms with Crippen molar-refractivity contribution in [1.29, 1.82) is 0 Å². The Morgan fingerprint density at radius 2 is 1.81 bits per heavy atom. The summed E-state index contributed by atoms with van der Waals surface area (Å²) in [5.74, 6) is 0.823. The normalized spacial score (nSPS) is 23.9. The fourth-order valence-corrected chi connectivity index (χ4v) is 3.29. The van der Waals surface area contributed by atoms with Crippen LogP contribution < -0.4 is 5.32 Å². The van der Waals surface area contributed by atoms with E-state index in [0.29, 0.717) is 0 Å². The molecule has 2 N–H and O–H groups in total. The highest BCUT2D eigenvalue weighted by Gasteiger charge is 2.29. The first kappa shape index (κ1) is 15.0. The molecule has 1 aromatic rings. The van der Waals surface area contributed by atoms with Crippen LogP contribution in [0.15, 0.2) is 30.3 Å². The first-order valence-electron chi connectivity index (χ1n) is 8.37. The molecule has 0 spiro atoms. The van der Waals surface area contributed by atoms with Crippen molar-refractivity contribution in [2.24, 2.45) is 5.92 Å². The molecule has 0 aromatic heterocycles. The van der Waals surface area contributed by atoms with E-state index >= 15 is 0 Å². The third kappa shape index (κ3) is 4.29. The monoisotopic (exact) mass is 288 g/mol. The smallest absolute Gasteiger partial charge is 0.0994 e. The van der Waals surface area contributed by atoms with E-state index in [2.05, 4.69) is 10.2 Å². The lowest BCUT2D eigenvalue weighted by Gasteiger charge is -2.37. The predicted octanol–water partition coefficient (Wildman–Crippen LogP) is 2.36. The van der Waals surface area contributed by atoms with E-state index in [0.717, 1.165) is 37.2 Å². The Morgan fingerprint density at radius 3 is 2.43 bits per heavy atom. The number of hydrogen-bond acceptors (Lipinski definition) is 3. The lowest BCUT2D eigenvalue weighted by atomic mass is 9.92. The van der Waals surface area contributed by atoms with Crippen LogP contribution in [0.2, 0.25) is 0 Å². The molecule has 3 heteroatoms.